The molecule has 26 heavy (non-hydrogen) atoms. The second-order valence-corrected chi connectivity index (χ2v) is 6.27. The zero-order chi connectivity index (χ0) is 18.2. The second-order valence-electron chi connectivity index (χ2n) is 6.27. The van der Waals surface area contributed by atoms with E-state index < -0.39 is 0 Å². The average Bonchev–Trinajstić information content (AvgIpc) is 2.66. The highest BCUT2D eigenvalue weighted by Gasteiger charge is 2.09. The van der Waals surface area contributed by atoms with Gasteiger partial charge in [-0.1, -0.05) is 17.7 Å². The number of carbonyl (C=O) groups is 1. The summed E-state index contributed by atoms with van der Waals surface area (Å²) >= 11 is 0. The molecular weight excluding hydrogens is 330 g/mol. The van der Waals surface area contributed by atoms with Crippen molar-refractivity contribution in [3.05, 3.63) is 54.1 Å². The molecule has 1 fully saturated rings. The molecule has 138 valence electrons. The van der Waals surface area contributed by atoms with Gasteiger partial charge < -0.3 is 20.1 Å². The van der Waals surface area contributed by atoms with Gasteiger partial charge in [-0.25, -0.2) is 4.79 Å². The summed E-state index contributed by atoms with van der Waals surface area (Å²) < 4.78 is 11.1. The molecule has 2 aromatic carbocycles. The van der Waals surface area contributed by atoms with Crippen LogP contribution in [0.1, 0.15) is 5.56 Å². The zero-order valence-corrected chi connectivity index (χ0v) is 15.0. The Hall–Kier alpha value is -2.57. The van der Waals surface area contributed by atoms with Gasteiger partial charge in [0.1, 0.15) is 12.4 Å². The van der Waals surface area contributed by atoms with Crippen molar-refractivity contribution in [1.82, 2.24) is 4.90 Å². The van der Waals surface area contributed by atoms with E-state index in [-0.39, 0.29) is 6.03 Å². The zero-order valence-electron chi connectivity index (χ0n) is 15.0. The van der Waals surface area contributed by atoms with Gasteiger partial charge in [-0.2, -0.15) is 0 Å². The third kappa shape index (κ3) is 5.75. The van der Waals surface area contributed by atoms with Gasteiger partial charge in [-0.05, 0) is 43.3 Å². The van der Waals surface area contributed by atoms with Crippen LogP contribution in [0.4, 0.5) is 16.2 Å². The lowest BCUT2D eigenvalue weighted by molar-refractivity contribution is 0.0322. The Kier molecular flexibility index (Phi) is 6.46. The predicted molar refractivity (Wildman–Crippen MR) is 103 cm³/mol. The maximum Gasteiger partial charge on any atom is 0.323 e. The van der Waals surface area contributed by atoms with E-state index in [2.05, 4.69) is 15.5 Å². The van der Waals surface area contributed by atoms with Crippen LogP contribution in [-0.2, 0) is 4.74 Å². The van der Waals surface area contributed by atoms with Crippen LogP contribution in [0.5, 0.6) is 5.75 Å². The number of ether oxygens (including phenoxy) is 2. The quantitative estimate of drug-likeness (QED) is 0.834. The van der Waals surface area contributed by atoms with Crippen LogP contribution in [0, 0.1) is 6.92 Å². The van der Waals surface area contributed by atoms with Crippen molar-refractivity contribution < 1.29 is 14.3 Å². The largest absolute Gasteiger partial charge is 0.492 e. The summed E-state index contributed by atoms with van der Waals surface area (Å²) in [5.41, 5.74) is 2.63. The highest BCUT2D eigenvalue weighted by atomic mass is 16.5. The molecular formula is C20H25N3O3. The van der Waals surface area contributed by atoms with E-state index in [1.807, 2.05) is 55.5 Å². The molecule has 1 aliphatic rings. The summed E-state index contributed by atoms with van der Waals surface area (Å²) in [6, 6.07) is 14.8. The molecule has 1 saturated heterocycles. The topological polar surface area (TPSA) is 62.8 Å². The minimum absolute atomic E-state index is 0.269. The second kappa shape index (κ2) is 9.22. The fraction of sp³-hybridized carbons (Fsp3) is 0.350. The molecule has 6 nitrogen and oxygen atoms in total. The summed E-state index contributed by atoms with van der Waals surface area (Å²) in [6.07, 6.45) is 0. The number of nitrogens with one attached hydrogen (secondary N) is 2. The molecule has 0 aliphatic carbocycles. The molecule has 2 aromatic rings. The van der Waals surface area contributed by atoms with Gasteiger partial charge in [0.25, 0.3) is 0 Å². The minimum Gasteiger partial charge on any atom is -0.492 e. The van der Waals surface area contributed by atoms with Crippen LogP contribution in [0.15, 0.2) is 48.5 Å². The third-order valence-electron chi connectivity index (χ3n) is 4.20. The fourth-order valence-electron chi connectivity index (χ4n) is 2.68. The van der Waals surface area contributed by atoms with Crippen LogP contribution in [0.3, 0.4) is 0 Å². The first-order valence-electron chi connectivity index (χ1n) is 8.87. The summed E-state index contributed by atoms with van der Waals surface area (Å²) in [5.74, 6) is 0.794. The van der Waals surface area contributed by atoms with E-state index in [4.69, 9.17) is 9.47 Å². The number of benzene rings is 2. The van der Waals surface area contributed by atoms with Gasteiger partial charge in [0.2, 0.25) is 0 Å². The van der Waals surface area contributed by atoms with E-state index in [0.29, 0.717) is 6.61 Å². The molecule has 1 heterocycles. The van der Waals surface area contributed by atoms with Crippen molar-refractivity contribution in [2.45, 2.75) is 6.92 Å². The normalized spacial score (nSPS) is 14.7. The van der Waals surface area contributed by atoms with E-state index in [9.17, 15) is 4.79 Å². The number of urea groups is 1. The van der Waals surface area contributed by atoms with Crippen molar-refractivity contribution in [2.75, 3.05) is 50.1 Å². The van der Waals surface area contributed by atoms with Crippen LogP contribution < -0.4 is 15.4 Å². The lowest BCUT2D eigenvalue weighted by Crippen LogP contribution is -2.38. The van der Waals surface area contributed by atoms with E-state index >= 15 is 0 Å². The summed E-state index contributed by atoms with van der Waals surface area (Å²) in [6.45, 7) is 7.05. The lowest BCUT2D eigenvalue weighted by atomic mass is 10.2. The van der Waals surface area contributed by atoms with E-state index in [1.165, 1.54) is 0 Å². The standard InChI is InChI=1S/C20H25N3O3/c1-16-2-4-17(5-3-16)21-20(24)22-18-6-8-19(9-7-18)26-15-12-23-10-13-25-14-11-23/h2-9H,10-15H2,1H3,(H2,21,22,24). The molecule has 3 rings (SSSR count). The number of carbonyl (C=O) groups excluding carboxylic acids is 1. The molecule has 0 spiro atoms. The maximum absolute atomic E-state index is 12.0. The summed E-state index contributed by atoms with van der Waals surface area (Å²) in [5, 5.41) is 5.62. The SMILES string of the molecule is Cc1ccc(NC(=O)Nc2ccc(OCCN3CCOCC3)cc2)cc1. The van der Waals surface area contributed by atoms with Crippen LogP contribution in [-0.4, -0.2) is 50.4 Å². The first-order valence-corrected chi connectivity index (χ1v) is 8.87. The van der Waals surface area contributed by atoms with Gasteiger partial charge in [-0.3, -0.25) is 4.90 Å². The van der Waals surface area contributed by atoms with Crippen LogP contribution in [0.2, 0.25) is 0 Å². The maximum atomic E-state index is 12.0. The first-order chi connectivity index (χ1) is 12.7. The number of amides is 2. The molecule has 6 heteroatoms. The number of anilines is 2. The van der Waals surface area contributed by atoms with Crippen molar-refractivity contribution >= 4 is 17.4 Å². The number of rotatable bonds is 6. The number of aryl methyl sites for hydroxylation is 1. The van der Waals surface area contributed by atoms with Crippen LogP contribution in [0.25, 0.3) is 0 Å². The highest BCUT2D eigenvalue weighted by Crippen LogP contribution is 2.16. The van der Waals surface area contributed by atoms with Crippen LogP contribution >= 0.6 is 0 Å². The van der Waals surface area contributed by atoms with Gasteiger partial charge in [0, 0.05) is 31.0 Å². The smallest absolute Gasteiger partial charge is 0.323 e. The van der Waals surface area contributed by atoms with E-state index in [0.717, 1.165) is 55.5 Å². The molecule has 0 unspecified atom stereocenters. The fourth-order valence-corrected chi connectivity index (χ4v) is 2.68. The molecule has 0 radical (unpaired) electrons. The predicted octanol–water partition coefficient (Wildman–Crippen LogP) is 3.35. The van der Waals surface area contributed by atoms with Crippen molar-refractivity contribution in [1.29, 1.82) is 0 Å². The number of hydrogen-bond acceptors (Lipinski definition) is 4. The van der Waals surface area contributed by atoms with Gasteiger partial charge >= 0.3 is 6.03 Å². The van der Waals surface area contributed by atoms with Gasteiger partial charge in [-0.15, -0.1) is 0 Å². The monoisotopic (exact) mass is 355 g/mol. The molecule has 0 bridgehead atoms. The highest BCUT2D eigenvalue weighted by molar-refractivity contribution is 5.99. The number of morpholine rings is 1. The molecule has 1 aliphatic heterocycles. The first kappa shape index (κ1) is 18.2. The van der Waals surface area contributed by atoms with E-state index in [1.54, 1.807) is 0 Å². The molecule has 0 atom stereocenters. The Morgan fingerprint density at radius 3 is 2.19 bits per heavy atom. The Balaban J connectivity index is 1.41. The van der Waals surface area contributed by atoms with Gasteiger partial charge in [0.15, 0.2) is 0 Å². The molecule has 0 aromatic heterocycles. The Morgan fingerprint density at radius 2 is 1.58 bits per heavy atom. The summed E-state index contributed by atoms with van der Waals surface area (Å²) in [4.78, 5) is 14.4. The lowest BCUT2D eigenvalue weighted by Gasteiger charge is -2.26. The summed E-state index contributed by atoms with van der Waals surface area (Å²) in [7, 11) is 0. The number of nitrogens with zero attached hydrogens (tertiary/aromatic N) is 1. The average molecular weight is 355 g/mol. The van der Waals surface area contributed by atoms with Crippen molar-refractivity contribution in [2.24, 2.45) is 0 Å². The Bertz CT molecular complexity index is 695. The minimum atomic E-state index is -0.269. The third-order valence-corrected chi connectivity index (χ3v) is 4.20. The van der Waals surface area contributed by atoms with Crippen molar-refractivity contribution in [3.63, 3.8) is 0 Å². The molecule has 0 saturated carbocycles. The number of hydrogen-bond donors (Lipinski definition) is 2. The van der Waals surface area contributed by atoms with Gasteiger partial charge in [0.05, 0.1) is 13.2 Å². The Labute approximate surface area is 154 Å². The molecule has 2 amide bonds. The van der Waals surface area contributed by atoms with Crippen molar-refractivity contribution in [3.8, 4) is 5.75 Å². The molecule has 2 N–H and O–H groups in total. The Morgan fingerprint density at radius 1 is 1.00 bits per heavy atom.